The van der Waals surface area contributed by atoms with E-state index in [1.54, 1.807) is 4.90 Å². The zero-order chi connectivity index (χ0) is 11.8. The molecule has 2 rings (SSSR count). The quantitative estimate of drug-likeness (QED) is 0.535. The summed E-state index contributed by atoms with van der Waals surface area (Å²) < 4.78 is 0. The van der Waals surface area contributed by atoms with Gasteiger partial charge in [0.2, 0.25) is 5.91 Å². The van der Waals surface area contributed by atoms with Gasteiger partial charge in [-0.25, -0.2) is 4.79 Å². The van der Waals surface area contributed by atoms with Gasteiger partial charge in [0.05, 0.1) is 6.54 Å². The lowest BCUT2D eigenvalue weighted by Gasteiger charge is -2.20. The maximum absolute atomic E-state index is 11.6. The maximum atomic E-state index is 11.6. The number of hydrogen-bond acceptors (Lipinski definition) is 3. The molecular weight excluding hydrogens is 278 g/mol. The van der Waals surface area contributed by atoms with Crippen molar-refractivity contribution in [2.24, 2.45) is 0 Å². The van der Waals surface area contributed by atoms with Gasteiger partial charge < -0.3 is 10.2 Å². The van der Waals surface area contributed by atoms with Crippen molar-refractivity contribution in [1.82, 2.24) is 15.5 Å². The fraction of sp³-hybridized carbons (Fsp3) is 0.667. The lowest BCUT2D eigenvalue weighted by atomic mass is 10.00. The van der Waals surface area contributed by atoms with Crippen molar-refractivity contribution in [2.75, 3.05) is 18.4 Å². The number of alkyl halides is 1. The van der Waals surface area contributed by atoms with Crippen LogP contribution < -0.4 is 10.6 Å². The van der Waals surface area contributed by atoms with Crippen molar-refractivity contribution in [3.05, 3.63) is 0 Å². The van der Waals surface area contributed by atoms with Gasteiger partial charge in [-0.05, 0) is 6.42 Å². The van der Waals surface area contributed by atoms with Gasteiger partial charge in [-0.1, -0.05) is 15.9 Å². The molecule has 0 saturated carbocycles. The Balaban J connectivity index is 2.05. The number of amides is 4. The summed E-state index contributed by atoms with van der Waals surface area (Å²) in [5.41, 5.74) is -0.890. The molecule has 7 heteroatoms. The summed E-state index contributed by atoms with van der Waals surface area (Å²) in [6.45, 7) is 0.788. The first-order valence-corrected chi connectivity index (χ1v) is 6.17. The highest BCUT2D eigenvalue weighted by atomic mass is 79.9. The van der Waals surface area contributed by atoms with Crippen LogP contribution in [-0.4, -0.2) is 46.7 Å². The first kappa shape index (κ1) is 11.4. The fourth-order valence-electron chi connectivity index (χ4n) is 2.08. The average Bonchev–Trinajstić information content (AvgIpc) is 2.74. The molecule has 0 aromatic carbocycles. The molecule has 0 radical (unpaired) electrons. The summed E-state index contributed by atoms with van der Waals surface area (Å²) in [5.74, 6) is -0.325. The number of imide groups is 1. The summed E-state index contributed by atoms with van der Waals surface area (Å²) in [6, 6.07) is -0.472. The SMILES string of the molecule is O=C1NC(=O)C2(CCN(C(=O)CCBr)C2)N1. The second kappa shape index (κ2) is 4.04. The number of hydrogen-bond donors (Lipinski definition) is 2. The minimum absolute atomic E-state index is 0.00250. The Morgan fingerprint density at radius 1 is 1.50 bits per heavy atom. The van der Waals surface area contributed by atoms with E-state index in [2.05, 4.69) is 26.6 Å². The second-order valence-corrected chi connectivity index (χ2v) is 4.79. The van der Waals surface area contributed by atoms with E-state index >= 15 is 0 Å². The molecule has 2 N–H and O–H groups in total. The molecule has 88 valence electrons. The van der Waals surface area contributed by atoms with Crippen LogP contribution in [0.5, 0.6) is 0 Å². The lowest BCUT2D eigenvalue weighted by molar-refractivity contribution is -0.130. The molecule has 2 fully saturated rings. The van der Waals surface area contributed by atoms with E-state index in [9.17, 15) is 14.4 Å². The largest absolute Gasteiger partial charge is 0.340 e. The van der Waals surface area contributed by atoms with Crippen molar-refractivity contribution in [2.45, 2.75) is 18.4 Å². The Bertz CT molecular complexity index is 360. The van der Waals surface area contributed by atoms with Gasteiger partial charge in [0.15, 0.2) is 0 Å². The molecule has 0 aliphatic carbocycles. The van der Waals surface area contributed by atoms with E-state index in [4.69, 9.17) is 0 Å². The first-order valence-electron chi connectivity index (χ1n) is 5.05. The molecule has 2 aliphatic heterocycles. The van der Waals surface area contributed by atoms with Crippen molar-refractivity contribution in [3.63, 3.8) is 0 Å². The third-order valence-corrected chi connectivity index (χ3v) is 3.34. The number of rotatable bonds is 2. The van der Waals surface area contributed by atoms with E-state index in [-0.39, 0.29) is 18.4 Å². The van der Waals surface area contributed by atoms with Crippen molar-refractivity contribution in [1.29, 1.82) is 0 Å². The Morgan fingerprint density at radius 2 is 2.25 bits per heavy atom. The van der Waals surface area contributed by atoms with E-state index in [0.717, 1.165) is 0 Å². The summed E-state index contributed by atoms with van der Waals surface area (Å²) in [6.07, 6.45) is 0.893. The van der Waals surface area contributed by atoms with E-state index in [0.29, 0.717) is 24.7 Å². The molecule has 1 atom stereocenters. The van der Waals surface area contributed by atoms with Crippen LogP contribution in [0.3, 0.4) is 0 Å². The Hall–Kier alpha value is -1.11. The third-order valence-electron chi connectivity index (χ3n) is 2.94. The van der Waals surface area contributed by atoms with Crippen molar-refractivity contribution < 1.29 is 14.4 Å². The third kappa shape index (κ3) is 1.79. The van der Waals surface area contributed by atoms with Gasteiger partial charge in [-0.3, -0.25) is 14.9 Å². The number of likely N-dealkylation sites (tertiary alicyclic amines) is 1. The molecule has 1 unspecified atom stereocenters. The summed E-state index contributed by atoms with van der Waals surface area (Å²) in [5, 5.41) is 5.41. The highest BCUT2D eigenvalue weighted by Gasteiger charge is 2.51. The van der Waals surface area contributed by atoms with Crippen LogP contribution in [0.25, 0.3) is 0 Å². The van der Waals surface area contributed by atoms with Gasteiger partial charge in [0.1, 0.15) is 5.54 Å². The maximum Gasteiger partial charge on any atom is 0.322 e. The first-order chi connectivity index (χ1) is 7.57. The standard InChI is InChI=1S/C9H12BrN3O3/c10-3-1-6(14)13-4-2-9(5-13)7(15)11-8(16)12-9/h1-5H2,(H2,11,12,15,16). The smallest absolute Gasteiger partial charge is 0.322 e. The Morgan fingerprint density at radius 3 is 2.81 bits per heavy atom. The Labute approximate surface area is 101 Å². The van der Waals surface area contributed by atoms with Crippen LogP contribution in [0.2, 0.25) is 0 Å². The minimum Gasteiger partial charge on any atom is -0.340 e. The Kier molecular flexibility index (Phi) is 2.88. The highest BCUT2D eigenvalue weighted by Crippen LogP contribution is 2.25. The van der Waals surface area contributed by atoms with E-state index < -0.39 is 11.6 Å². The van der Waals surface area contributed by atoms with Gasteiger partial charge in [-0.15, -0.1) is 0 Å². The van der Waals surface area contributed by atoms with Crippen LogP contribution in [0.15, 0.2) is 0 Å². The molecule has 0 bridgehead atoms. The summed E-state index contributed by atoms with van der Waals surface area (Å²) in [7, 11) is 0. The molecular formula is C9H12BrN3O3. The topological polar surface area (TPSA) is 78.5 Å². The number of carbonyl (C=O) groups excluding carboxylic acids is 3. The summed E-state index contributed by atoms with van der Waals surface area (Å²) in [4.78, 5) is 35.9. The van der Waals surface area contributed by atoms with Gasteiger partial charge >= 0.3 is 6.03 Å². The molecule has 0 aromatic rings. The van der Waals surface area contributed by atoms with Crippen molar-refractivity contribution in [3.8, 4) is 0 Å². The van der Waals surface area contributed by atoms with Crippen LogP contribution in [0.1, 0.15) is 12.8 Å². The molecule has 0 aromatic heterocycles. The zero-order valence-corrected chi connectivity index (χ0v) is 10.2. The van der Waals surface area contributed by atoms with Crippen molar-refractivity contribution >= 4 is 33.8 Å². The molecule has 2 saturated heterocycles. The van der Waals surface area contributed by atoms with E-state index in [1.165, 1.54) is 0 Å². The fourth-order valence-corrected chi connectivity index (χ4v) is 2.42. The molecule has 16 heavy (non-hydrogen) atoms. The predicted octanol–water partition coefficient (Wildman–Crippen LogP) is -0.418. The van der Waals surface area contributed by atoms with E-state index in [1.807, 2.05) is 0 Å². The van der Waals surface area contributed by atoms with Crippen LogP contribution in [-0.2, 0) is 9.59 Å². The molecule has 4 amide bonds. The van der Waals surface area contributed by atoms with Gasteiger partial charge in [-0.2, -0.15) is 0 Å². The number of nitrogens with one attached hydrogen (secondary N) is 2. The molecule has 2 heterocycles. The lowest BCUT2D eigenvalue weighted by Crippen LogP contribution is -2.49. The normalized spacial score (nSPS) is 28.4. The van der Waals surface area contributed by atoms with Gasteiger partial charge in [0.25, 0.3) is 5.91 Å². The number of nitrogens with zero attached hydrogens (tertiary/aromatic N) is 1. The minimum atomic E-state index is -0.890. The zero-order valence-electron chi connectivity index (χ0n) is 8.59. The average molecular weight is 290 g/mol. The monoisotopic (exact) mass is 289 g/mol. The second-order valence-electron chi connectivity index (χ2n) is 3.99. The molecule has 6 nitrogen and oxygen atoms in total. The number of halogens is 1. The number of urea groups is 1. The van der Waals surface area contributed by atoms with Crippen LogP contribution in [0, 0.1) is 0 Å². The van der Waals surface area contributed by atoms with Crippen LogP contribution in [0.4, 0.5) is 4.79 Å². The predicted molar refractivity (Wildman–Crippen MR) is 59.0 cm³/mol. The highest BCUT2D eigenvalue weighted by molar-refractivity contribution is 9.09. The molecule has 1 spiro atoms. The number of carbonyl (C=O) groups is 3. The van der Waals surface area contributed by atoms with Crippen LogP contribution >= 0.6 is 15.9 Å². The van der Waals surface area contributed by atoms with Gasteiger partial charge in [0, 0.05) is 18.3 Å². The summed E-state index contributed by atoms with van der Waals surface area (Å²) >= 11 is 3.20. The molecule has 2 aliphatic rings.